The highest BCUT2D eigenvalue weighted by molar-refractivity contribution is 7.92. The molecule has 0 saturated carbocycles. The molecule has 1 N–H and O–H groups in total. The average Bonchev–Trinajstić information content (AvgIpc) is 2.71. The van der Waals surface area contributed by atoms with E-state index in [0.29, 0.717) is 29.2 Å². The summed E-state index contributed by atoms with van der Waals surface area (Å²) in [7, 11) is -3.76. The van der Waals surface area contributed by atoms with E-state index in [-0.39, 0.29) is 12.5 Å². The van der Waals surface area contributed by atoms with Crippen molar-refractivity contribution in [2.45, 2.75) is 46.7 Å². The van der Waals surface area contributed by atoms with E-state index in [1.807, 2.05) is 26.8 Å². The van der Waals surface area contributed by atoms with E-state index in [9.17, 15) is 18.0 Å². The van der Waals surface area contributed by atoms with E-state index in [1.54, 1.807) is 43.3 Å². The molecular formula is C24H32ClN3O4S. The molecule has 2 rings (SSSR count). The fourth-order valence-corrected chi connectivity index (χ4v) is 4.76. The van der Waals surface area contributed by atoms with Crippen molar-refractivity contribution in [2.75, 3.05) is 23.7 Å². The monoisotopic (exact) mass is 493 g/mol. The lowest BCUT2D eigenvalue weighted by Crippen LogP contribution is -2.52. The summed E-state index contributed by atoms with van der Waals surface area (Å²) >= 11 is 6.33. The minimum Gasteiger partial charge on any atom is -0.355 e. The zero-order valence-electron chi connectivity index (χ0n) is 19.8. The number of aryl methyl sites for hydroxylation is 2. The van der Waals surface area contributed by atoms with Crippen LogP contribution in [0.3, 0.4) is 0 Å². The highest BCUT2D eigenvalue weighted by Gasteiger charge is 2.32. The molecule has 0 heterocycles. The number of benzene rings is 2. The van der Waals surface area contributed by atoms with Crippen LogP contribution < -0.4 is 9.62 Å². The predicted molar refractivity (Wildman–Crippen MR) is 133 cm³/mol. The van der Waals surface area contributed by atoms with Crippen LogP contribution in [0.4, 0.5) is 5.69 Å². The van der Waals surface area contributed by atoms with Crippen molar-refractivity contribution in [3.05, 3.63) is 64.2 Å². The highest BCUT2D eigenvalue weighted by atomic mass is 35.5. The largest absolute Gasteiger partial charge is 0.355 e. The zero-order valence-corrected chi connectivity index (χ0v) is 21.3. The van der Waals surface area contributed by atoms with Crippen LogP contribution in [0.5, 0.6) is 0 Å². The number of nitrogens with one attached hydrogen (secondary N) is 1. The summed E-state index contributed by atoms with van der Waals surface area (Å²) < 4.78 is 26.4. The Balaban J connectivity index is 2.48. The lowest BCUT2D eigenvalue weighted by atomic mass is 10.1. The summed E-state index contributed by atoms with van der Waals surface area (Å²) in [5, 5.41) is 3.23. The molecule has 0 aliphatic carbocycles. The van der Waals surface area contributed by atoms with Crippen molar-refractivity contribution in [3.8, 4) is 0 Å². The van der Waals surface area contributed by atoms with E-state index in [2.05, 4.69) is 5.32 Å². The second-order valence-electron chi connectivity index (χ2n) is 8.05. The molecule has 0 saturated heterocycles. The van der Waals surface area contributed by atoms with Gasteiger partial charge in [0.25, 0.3) is 0 Å². The molecule has 2 aromatic carbocycles. The van der Waals surface area contributed by atoms with Crippen molar-refractivity contribution in [1.29, 1.82) is 0 Å². The van der Waals surface area contributed by atoms with Gasteiger partial charge in [0.05, 0.1) is 11.9 Å². The van der Waals surface area contributed by atoms with E-state index >= 15 is 0 Å². The van der Waals surface area contributed by atoms with Crippen molar-refractivity contribution in [1.82, 2.24) is 10.2 Å². The quantitative estimate of drug-likeness (QED) is 0.547. The molecular weight excluding hydrogens is 462 g/mol. The number of sulfonamides is 1. The Morgan fingerprint density at radius 1 is 1.06 bits per heavy atom. The van der Waals surface area contributed by atoms with E-state index < -0.39 is 28.5 Å². The van der Waals surface area contributed by atoms with Crippen molar-refractivity contribution < 1.29 is 18.0 Å². The molecule has 0 aliphatic rings. The predicted octanol–water partition coefficient (Wildman–Crippen LogP) is 3.67. The Morgan fingerprint density at radius 2 is 1.67 bits per heavy atom. The van der Waals surface area contributed by atoms with Gasteiger partial charge in [0, 0.05) is 18.1 Å². The molecule has 1 atom stereocenters. The third kappa shape index (κ3) is 7.20. The van der Waals surface area contributed by atoms with Crippen LogP contribution in [0.25, 0.3) is 0 Å². The van der Waals surface area contributed by atoms with Gasteiger partial charge in [-0.3, -0.25) is 13.9 Å². The Hall–Kier alpha value is -2.58. The molecule has 0 aliphatic heterocycles. The van der Waals surface area contributed by atoms with Gasteiger partial charge < -0.3 is 10.2 Å². The molecule has 2 amide bonds. The molecule has 7 nitrogen and oxygen atoms in total. The van der Waals surface area contributed by atoms with Crippen LogP contribution in [0, 0.1) is 13.8 Å². The SMILES string of the molecule is CCNC(=O)[C@H](CC)N(Cc1ccccc1Cl)C(=O)CN(c1cc(C)cc(C)c1)S(C)(=O)=O. The molecule has 180 valence electrons. The Labute approximate surface area is 201 Å². The number of carbonyl (C=O) groups is 2. The molecule has 0 fully saturated rings. The Morgan fingerprint density at radius 3 is 2.18 bits per heavy atom. The van der Waals surface area contributed by atoms with Gasteiger partial charge in [-0.2, -0.15) is 0 Å². The molecule has 0 aromatic heterocycles. The zero-order chi connectivity index (χ0) is 24.8. The number of hydrogen-bond donors (Lipinski definition) is 1. The maximum Gasteiger partial charge on any atom is 0.244 e. The number of rotatable bonds is 10. The minimum atomic E-state index is -3.76. The summed E-state index contributed by atoms with van der Waals surface area (Å²) in [5.74, 6) is -0.782. The van der Waals surface area contributed by atoms with Gasteiger partial charge in [-0.05, 0) is 62.1 Å². The third-order valence-electron chi connectivity index (χ3n) is 5.21. The maximum atomic E-state index is 13.6. The van der Waals surface area contributed by atoms with Gasteiger partial charge >= 0.3 is 0 Å². The molecule has 0 spiro atoms. The number of carbonyl (C=O) groups excluding carboxylic acids is 2. The normalized spacial score (nSPS) is 12.2. The molecule has 33 heavy (non-hydrogen) atoms. The van der Waals surface area contributed by atoms with Crippen molar-refractivity contribution >= 4 is 39.1 Å². The lowest BCUT2D eigenvalue weighted by Gasteiger charge is -2.33. The van der Waals surface area contributed by atoms with Crippen LogP contribution in [-0.4, -0.2) is 50.5 Å². The number of likely N-dealkylation sites (N-methyl/N-ethyl adjacent to an activating group) is 1. The molecule has 2 aromatic rings. The third-order valence-corrected chi connectivity index (χ3v) is 6.72. The van der Waals surface area contributed by atoms with Gasteiger partial charge in [-0.15, -0.1) is 0 Å². The average molecular weight is 494 g/mol. The van der Waals surface area contributed by atoms with Crippen LogP contribution in [-0.2, 0) is 26.2 Å². The van der Waals surface area contributed by atoms with E-state index in [4.69, 9.17) is 11.6 Å². The summed E-state index contributed by atoms with van der Waals surface area (Å²) in [6, 6.07) is 11.7. The first kappa shape index (κ1) is 26.7. The van der Waals surface area contributed by atoms with E-state index in [1.165, 1.54) is 4.90 Å². The summed E-state index contributed by atoms with van der Waals surface area (Å²) in [6.07, 6.45) is 1.43. The number of halogens is 1. The first-order valence-corrected chi connectivity index (χ1v) is 13.1. The first-order valence-electron chi connectivity index (χ1n) is 10.8. The van der Waals surface area contributed by atoms with Crippen LogP contribution >= 0.6 is 11.6 Å². The standard InChI is InChI=1S/C24H32ClN3O4S/c1-6-22(24(30)26-7-2)27(15-19-10-8-9-11-21(19)25)23(29)16-28(33(5,31)32)20-13-17(3)12-18(4)14-20/h8-14,22H,6-7,15-16H2,1-5H3,(H,26,30)/t22-/m0/s1. The highest BCUT2D eigenvalue weighted by Crippen LogP contribution is 2.24. The fraction of sp³-hybridized carbons (Fsp3) is 0.417. The summed E-state index contributed by atoms with van der Waals surface area (Å²) in [4.78, 5) is 27.7. The number of amides is 2. The lowest BCUT2D eigenvalue weighted by molar-refractivity contribution is -0.140. The second kappa shape index (κ2) is 11.5. The van der Waals surface area contributed by atoms with Gasteiger partial charge in [0.2, 0.25) is 21.8 Å². The summed E-state index contributed by atoms with van der Waals surface area (Å²) in [6.45, 7) is 7.42. The van der Waals surface area contributed by atoms with Crippen LogP contribution in [0.2, 0.25) is 5.02 Å². The topological polar surface area (TPSA) is 86.8 Å². The molecule has 0 bridgehead atoms. The van der Waals surface area contributed by atoms with Gasteiger partial charge in [0.1, 0.15) is 12.6 Å². The van der Waals surface area contributed by atoms with Gasteiger partial charge in [-0.1, -0.05) is 42.8 Å². The smallest absolute Gasteiger partial charge is 0.244 e. The molecule has 0 unspecified atom stereocenters. The summed E-state index contributed by atoms with van der Waals surface area (Å²) in [5.41, 5.74) is 2.85. The second-order valence-corrected chi connectivity index (χ2v) is 10.4. The Kier molecular flexibility index (Phi) is 9.31. The van der Waals surface area contributed by atoms with Crippen molar-refractivity contribution in [2.24, 2.45) is 0 Å². The number of anilines is 1. The van der Waals surface area contributed by atoms with Crippen molar-refractivity contribution in [3.63, 3.8) is 0 Å². The maximum absolute atomic E-state index is 13.6. The molecule has 9 heteroatoms. The minimum absolute atomic E-state index is 0.0819. The first-order chi connectivity index (χ1) is 15.5. The molecule has 0 radical (unpaired) electrons. The van der Waals surface area contributed by atoms with E-state index in [0.717, 1.165) is 21.7 Å². The number of hydrogen-bond acceptors (Lipinski definition) is 4. The number of nitrogens with zero attached hydrogens (tertiary/aromatic N) is 2. The van der Waals surface area contributed by atoms with Gasteiger partial charge in [0.15, 0.2) is 0 Å². The Bertz CT molecular complexity index is 1080. The fourth-order valence-electron chi connectivity index (χ4n) is 3.73. The van der Waals surface area contributed by atoms with Gasteiger partial charge in [-0.25, -0.2) is 8.42 Å². The van der Waals surface area contributed by atoms with Crippen LogP contribution in [0.15, 0.2) is 42.5 Å². The van der Waals surface area contributed by atoms with Crippen LogP contribution in [0.1, 0.15) is 37.0 Å².